The average Bonchev–Trinajstić information content (AvgIpc) is 2.49. The summed E-state index contributed by atoms with van der Waals surface area (Å²) in [5.41, 5.74) is 0. The number of aliphatic hydroxyl groups is 1. The molecule has 21 heavy (non-hydrogen) atoms. The monoisotopic (exact) mass is 304 g/mol. The molecule has 0 atom stereocenters. The predicted molar refractivity (Wildman–Crippen MR) is 78.4 cm³/mol. The molecule has 0 bridgehead atoms. The number of carbonyl (C=O) groups is 1. The second kappa shape index (κ2) is 10.8. The lowest BCUT2D eigenvalue weighted by molar-refractivity contribution is 0.0110. The number of rotatable bonds is 9. The number of hydrogen-bond acceptors (Lipinski definition) is 6. The number of ether oxygens (including phenoxy) is 3. The van der Waals surface area contributed by atoms with Gasteiger partial charge in [0.1, 0.15) is 6.61 Å². The van der Waals surface area contributed by atoms with Crippen LogP contribution >= 0.6 is 0 Å². The van der Waals surface area contributed by atoms with E-state index < -0.39 is 0 Å². The normalized spacial score (nSPS) is 16.5. The zero-order valence-electron chi connectivity index (χ0n) is 13.1. The van der Waals surface area contributed by atoms with Gasteiger partial charge in [0.25, 0.3) is 0 Å². The third-order valence-electron chi connectivity index (χ3n) is 3.36. The van der Waals surface area contributed by atoms with Gasteiger partial charge in [-0.15, -0.1) is 0 Å². The highest BCUT2D eigenvalue weighted by Gasteiger charge is 2.23. The highest BCUT2D eigenvalue weighted by molar-refractivity contribution is 5.67. The lowest BCUT2D eigenvalue weighted by Gasteiger charge is -2.36. The third-order valence-corrected chi connectivity index (χ3v) is 3.36. The molecule has 7 heteroatoms. The van der Waals surface area contributed by atoms with Crippen molar-refractivity contribution < 1.29 is 24.1 Å². The quantitative estimate of drug-likeness (QED) is 0.613. The average molecular weight is 304 g/mol. The molecule has 0 aromatic heterocycles. The molecule has 0 aromatic carbocycles. The van der Waals surface area contributed by atoms with Gasteiger partial charge in [0.05, 0.1) is 33.0 Å². The predicted octanol–water partition coefficient (Wildman–Crippen LogP) is 0.175. The van der Waals surface area contributed by atoms with Crippen molar-refractivity contribution in [3.8, 4) is 0 Å². The zero-order valence-corrected chi connectivity index (χ0v) is 13.1. The number of amides is 1. The Hall–Kier alpha value is -0.890. The van der Waals surface area contributed by atoms with E-state index in [9.17, 15) is 4.79 Å². The van der Waals surface area contributed by atoms with E-state index in [0.29, 0.717) is 45.6 Å². The molecule has 0 unspecified atom stereocenters. The molecular weight excluding hydrogens is 276 g/mol. The van der Waals surface area contributed by atoms with Gasteiger partial charge in [-0.25, -0.2) is 4.79 Å². The SMILES string of the molecule is CC(C)N1CCN(C(=O)OCCOCCOCCO)CC1. The van der Waals surface area contributed by atoms with Gasteiger partial charge in [-0.3, -0.25) is 4.90 Å². The zero-order chi connectivity index (χ0) is 15.5. The third kappa shape index (κ3) is 7.61. The Kier molecular flexibility index (Phi) is 9.32. The second-order valence-electron chi connectivity index (χ2n) is 5.18. The molecule has 124 valence electrons. The van der Waals surface area contributed by atoms with Gasteiger partial charge < -0.3 is 24.2 Å². The van der Waals surface area contributed by atoms with Crippen molar-refractivity contribution in [1.29, 1.82) is 0 Å². The van der Waals surface area contributed by atoms with Crippen molar-refractivity contribution >= 4 is 6.09 Å². The maximum absolute atomic E-state index is 11.8. The summed E-state index contributed by atoms with van der Waals surface area (Å²) < 4.78 is 15.5. The number of carbonyl (C=O) groups excluding carboxylic acids is 1. The fraction of sp³-hybridized carbons (Fsp3) is 0.929. The van der Waals surface area contributed by atoms with Crippen LogP contribution in [0.1, 0.15) is 13.8 Å². The smallest absolute Gasteiger partial charge is 0.409 e. The summed E-state index contributed by atoms with van der Waals surface area (Å²) in [6, 6.07) is 0.518. The van der Waals surface area contributed by atoms with Crippen LogP contribution in [0.5, 0.6) is 0 Å². The summed E-state index contributed by atoms with van der Waals surface area (Å²) in [5, 5.41) is 8.51. The van der Waals surface area contributed by atoms with Gasteiger partial charge in [-0.1, -0.05) is 0 Å². The minimum atomic E-state index is -0.265. The Morgan fingerprint density at radius 2 is 1.57 bits per heavy atom. The molecule has 1 rings (SSSR count). The maximum atomic E-state index is 11.8. The van der Waals surface area contributed by atoms with Crippen molar-refractivity contribution in [2.75, 3.05) is 65.8 Å². The molecule has 0 aromatic rings. The van der Waals surface area contributed by atoms with Crippen molar-refractivity contribution in [2.45, 2.75) is 19.9 Å². The lowest BCUT2D eigenvalue weighted by atomic mass is 10.2. The molecule has 0 spiro atoms. The van der Waals surface area contributed by atoms with Crippen LogP contribution in [-0.2, 0) is 14.2 Å². The van der Waals surface area contributed by atoms with E-state index in [1.54, 1.807) is 4.90 Å². The standard InChI is InChI=1S/C14H28N2O5/c1-13(2)15-3-5-16(6-4-15)14(18)21-12-11-20-10-9-19-8-7-17/h13,17H,3-12H2,1-2H3. The van der Waals surface area contributed by atoms with Crippen molar-refractivity contribution in [2.24, 2.45) is 0 Å². The summed E-state index contributed by atoms with van der Waals surface area (Å²) in [6.45, 7) is 9.37. The topological polar surface area (TPSA) is 71.5 Å². The number of aliphatic hydroxyl groups excluding tert-OH is 1. The van der Waals surface area contributed by atoms with Crippen LogP contribution in [0, 0.1) is 0 Å². The van der Waals surface area contributed by atoms with E-state index in [1.165, 1.54) is 0 Å². The largest absolute Gasteiger partial charge is 0.447 e. The van der Waals surface area contributed by atoms with Crippen molar-refractivity contribution in [3.63, 3.8) is 0 Å². The summed E-state index contributed by atoms with van der Waals surface area (Å²) >= 11 is 0. The molecule has 1 aliphatic heterocycles. The van der Waals surface area contributed by atoms with Crippen molar-refractivity contribution in [3.05, 3.63) is 0 Å². The Labute approximate surface area is 126 Å². The Bertz CT molecular complexity index is 281. The van der Waals surface area contributed by atoms with Gasteiger partial charge in [0, 0.05) is 32.2 Å². The summed E-state index contributed by atoms with van der Waals surface area (Å²) in [5.74, 6) is 0. The minimum Gasteiger partial charge on any atom is -0.447 e. The fourth-order valence-corrected chi connectivity index (χ4v) is 2.09. The van der Waals surface area contributed by atoms with E-state index in [1.807, 2.05) is 0 Å². The van der Waals surface area contributed by atoms with Crippen LogP contribution in [0.4, 0.5) is 4.79 Å². The van der Waals surface area contributed by atoms with Crippen LogP contribution in [-0.4, -0.2) is 92.9 Å². The number of nitrogens with zero attached hydrogens (tertiary/aromatic N) is 2. The van der Waals surface area contributed by atoms with Crippen LogP contribution < -0.4 is 0 Å². The molecule has 1 heterocycles. The van der Waals surface area contributed by atoms with Crippen molar-refractivity contribution in [1.82, 2.24) is 9.80 Å². The van der Waals surface area contributed by atoms with Gasteiger partial charge in [-0.2, -0.15) is 0 Å². The van der Waals surface area contributed by atoms with Gasteiger partial charge in [-0.05, 0) is 13.8 Å². The van der Waals surface area contributed by atoms with E-state index >= 15 is 0 Å². The molecular formula is C14H28N2O5. The summed E-state index contributed by atoms with van der Waals surface area (Å²) in [7, 11) is 0. The summed E-state index contributed by atoms with van der Waals surface area (Å²) in [4.78, 5) is 15.9. The first kappa shape index (κ1) is 18.2. The van der Waals surface area contributed by atoms with Gasteiger partial charge >= 0.3 is 6.09 Å². The maximum Gasteiger partial charge on any atom is 0.409 e. The van der Waals surface area contributed by atoms with Gasteiger partial charge in [0.2, 0.25) is 0 Å². The molecule has 0 saturated carbocycles. The molecule has 1 aliphatic rings. The highest BCUT2D eigenvalue weighted by atomic mass is 16.6. The highest BCUT2D eigenvalue weighted by Crippen LogP contribution is 2.06. The number of hydrogen-bond donors (Lipinski definition) is 1. The van der Waals surface area contributed by atoms with E-state index in [-0.39, 0.29) is 19.3 Å². The van der Waals surface area contributed by atoms with E-state index in [2.05, 4.69) is 18.7 Å². The molecule has 1 fully saturated rings. The van der Waals surface area contributed by atoms with Gasteiger partial charge in [0.15, 0.2) is 0 Å². The Balaban J connectivity index is 1.99. The molecule has 0 radical (unpaired) electrons. The first-order valence-corrected chi connectivity index (χ1v) is 7.57. The molecule has 0 aliphatic carbocycles. The molecule has 1 saturated heterocycles. The van der Waals surface area contributed by atoms with Crippen LogP contribution in [0.3, 0.4) is 0 Å². The van der Waals surface area contributed by atoms with Crippen LogP contribution in [0.2, 0.25) is 0 Å². The molecule has 1 N–H and O–H groups in total. The Morgan fingerprint density at radius 1 is 1.00 bits per heavy atom. The molecule has 7 nitrogen and oxygen atoms in total. The first-order valence-electron chi connectivity index (χ1n) is 7.57. The Morgan fingerprint density at radius 3 is 2.14 bits per heavy atom. The molecule has 1 amide bonds. The van der Waals surface area contributed by atoms with Crippen LogP contribution in [0.25, 0.3) is 0 Å². The lowest BCUT2D eigenvalue weighted by Crippen LogP contribution is -2.50. The first-order chi connectivity index (χ1) is 10.1. The fourth-order valence-electron chi connectivity index (χ4n) is 2.09. The van der Waals surface area contributed by atoms with E-state index in [0.717, 1.165) is 13.1 Å². The minimum absolute atomic E-state index is 0.0156. The second-order valence-corrected chi connectivity index (χ2v) is 5.18. The van der Waals surface area contributed by atoms with E-state index in [4.69, 9.17) is 19.3 Å². The number of piperazine rings is 1. The summed E-state index contributed by atoms with van der Waals surface area (Å²) in [6.07, 6.45) is -0.265. The van der Waals surface area contributed by atoms with Crippen LogP contribution in [0.15, 0.2) is 0 Å².